The van der Waals surface area contributed by atoms with E-state index in [9.17, 15) is 4.39 Å². The van der Waals surface area contributed by atoms with Crippen LogP contribution in [0.15, 0.2) is 12.3 Å². The van der Waals surface area contributed by atoms with Gasteiger partial charge in [-0.25, -0.2) is 9.37 Å². The second-order valence-corrected chi connectivity index (χ2v) is 4.76. The molecule has 0 bridgehead atoms. The predicted molar refractivity (Wildman–Crippen MR) is 62.6 cm³/mol. The summed E-state index contributed by atoms with van der Waals surface area (Å²) >= 11 is 0. The zero-order chi connectivity index (χ0) is 12.3. The SMILES string of the molecule is COc1nccc(CN2CCCC(C)(F)C2)n1. The van der Waals surface area contributed by atoms with Gasteiger partial charge in [-0.1, -0.05) is 0 Å². The van der Waals surface area contributed by atoms with Crippen LogP contribution in [0.1, 0.15) is 25.5 Å². The van der Waals surface area contributed by atoms with Gasteiger partial charge in [0.05, 0.1) is 12.8 Å². The van der Waals surface area contributed by atoms with Crippen molar-refractivity contribution in [3.8, 4) is 6.01 Å². The van der Waals surface area contributed by atoms with Crippen molar-refractivity contribution in [3.05, 3.63) is 18.0 Å². The van der Waals surface area contributed by atoms with Crippen molar-refractivity contribution in [2.75, 3.05) is 20.2 Å². The summed E-state index contributed by atoms with van der Waals surface area (Å²) in [5, 5.41) is 0. The predicted octanol–water partition coefficient (Wildman–Crippen LogP) is 1.81. The van der Waals surface area contributed by atoms with Gasteiger partial charge in [-0.3, -0.25) is 4.90 Å². The number of nitrogens with zero attached hydrogens (tertiary/aromatic N) is 3. The molecule has 0 saturated carbocycles. The maximum atomic E-state index is 13.9. The van der Waals surface area contributed by atoms with Crippen LogP contribution in [0, 0.1) is 0 Å². The molecule has 0 N–H and O–H groups in total. The van der Waals surface area contributed by atoms with Crippen LogP contribution in [0.4, 0.5) is 4.39 Å². The first-order valence-electron chi connectivity index (χ1n) is 5.86. The van der Waals surface area contributed by atoms with Crippen LogP contribution in [-0.2, 0) is 6.54 Å². The molecule has 1 atom stereocenters. The lowest BCUT2D eigenvalue weighted by Crippen LogP contribution is -2.42. The number of hydrogen-bond acceptors (Lipinski definition) is 4. The molecule has 0 amide bonds. The van der Waals surface area contributed by atoms with Gasteiger partial charge in [-0.15, -0.1) is 0 Å². The van der Waals surface area contributed by atoms with Crippen molar-refractivity contribution >= 4 is 0 Å². The average Bonchev–Trinajstić information content (AvgIpc) is 2.28. The first-order chi connectivity index (χ1) is 8.09. The number of ether oxygens (including phenoxy) is 1. The van der Waals surface area contributed by atoms with E-state index in [2.05, 4.69) is 14.9 Å². The molecule has 0 spiro atoms. The first kappa shape index (κ1) is 12.2. The van der Waals surface area contributed by atoms with E-state index in [-0.39, 0.29) is 0 Å². The number of methoxy groups -OCH3 is 1. The van der Waals surface area contributed by atoms with Crippen molar-refractivity contribution in [1.82, 2.24) is 14.9 Å². The Balaban J connectivity index is 2.00. The smallest absolute Gasteiger partial charge is 0.316 e. The van der Waals surface area contributed by atoms with Gasteiger partial charge in [0.25, 0.3) is 0 Å². The maximum Gasteiger partial charge on any atom is 0.316 e. The van der Waals surface area contributed by atoms with Crippen LogP contribution in [-0.4, -0.2) is 40.7 Å². The summed E-state index contributed by atoms with van der Waals surface area (Å²) in [6.07, 6.45) is 3.21. The largest absolute Gasteiger partial charge is 0.467 e. The lowest BCUT2D eigenvalue weighted by atomic mass is 9.97. The molecule has 2 heterocycles. The monoisotopic (exact) mass is 239 g/mol. The molecule has 1 unspecified atom stereocenters. The second kappa shape index (κ2) is 4.96. The summed E-state index contributed by atoms with van der Waals surface area (Å²) < 4.78 is 18.8. The summed E-state index contributed by atoms with van der Waals surface area (Å²) in [4.78, 5) is 10.3. The average molecular weight is 239 g/mol. The van der Waals surface area contributed by atoms with Crippen molar-refractivity contribution < 1.29 is 9.13 Å². The molecule has 17 heavy (non-hydrogen) atoms. The number of likely N-dealkylation sites (tertiary alicyclic amines) is 1. The molecular weight excluding hydrogens is 221 g/mol. The molecule has 94 valence electrons. The Labute approximate surface area is 101 Å². The quantitative estimate of drug-likeness (QED) is 0.806. The topological polar surface area (TPSA) is 38.2 Å². The first-order valence-corrected chi connectivity index (χ1v) is 5.86. The third kappa shape index (κ3) is 3.36. The van der Waals surface area contributed by atoms with E-state index >= 15 is 0 Å². The zero-order valence-electron chi connectivity index (χ0n) is 10.3. The van der Waals surface area contributed by atoms with Gasteiger partial charge in [-0.2, -0.15) is 4.98 Å². The highest BCUT2D eigenvalue weighted by Crippen LogP contribution is 2.25. The van der Waals surface area contributed by atoms with E-state index in [4.69, 9.17) is 4.74 Å². The molecule has 1 fully saturated rings. The van der Waals surface area contributed by atoms with Gasteiger partial charge in [0.15, 0.2) is 0 Å². The van der Waals surface area contributed by atoms with Crippen molar-refractivity contribution in [3.63, 3.8) is 0 Å². The highest BCUT2D eigenvalue weighted by Gasteiger charge is 2.30. The Morgan fingerprint density at radius 1 is 1.59 bits per heavy atom. The molecule has 0 aliphatic carbocycles. The minimum atomic E-state index is -1.07. The molecule has 2 rings (SSSR count). The molecule has 0 aromatic carbocycles. The fourth-order valence-corrected chi connectivity index (χ4v) is 2.22. The summed E-state index contributed by atoms with van der Waals surface area (Å²) in [6.45, 7) is 3.71. The number of alkyl halides is 1. The van der Waals surface area contributed by atoms with E-state index in [1.807, 2.05) is 6.07 Å². The molecule has 1 aliphatic rings. The van der Waals surface area contributed by atoms with Crippen molar-refractivity contribution in [2.24, 2.45) is 0 Å². The standard InChI is InChI=1S/C12H18FN3O/c1-12(13)5-3-7-16(9-12)8-10-4-6-14-11(15-10)17-2/h4,6H,3,5,7-9H2,1-2H3. The van der Waals surface area contributed by atoms with Gasteiger partial charge < -0.3 is 4.74 Å². The Morgan fingerprint density at radius 3 is 3.12 bits per heavy atom. The van der Waals surface area contributed by atoms with E-state index < -0.39 is 5.67 Å². The summed E-state index contributed by atoms with van der Waals surface area (Å²) in [5.41, 5.74) is -0.204. The van der Waals surface area contributed by atoms with Crippen molar-refractivity contribution in [1.29, 1.82) is 0 Å². The highest BCUT2D eigenvalue weighted by molar-refractivity contribution is 5.05. The molecule has 1 saturated heterocycles. The Hall–Kier alpha value is -1.23. The minimum absolute atomic E-state index is 0.363. The molecular formula is C12H18FN3O. The lowest BCUT2D eigenvalue weighted by molar-refractivity contribution is 0.0555. The molecule has 1 aliphatic heterocycles. The van der Waals surface area contributed by atoms with Gasteiger partial charge in [-0.05, 0) is 32.4 Å². The molecule has 4 nitrogen and oxygen atoms in total. The van der Waals surface area contributed by atoms with Gasteiger partial charge in [0.2, 0.25) is 0 Å². The zero-order valence-corrected chi connectivity index (χ0v) is 10.3. The van der Waals surface area contributed by atoms with E-state index in [0.717, 1.165) is 18.7 Å². The second-order valence-electron chi connectivity index (χ2n) is 4.76. The number of halogens is 1. The maximum absolute atomic E-state index is 13.9. The minimum Gasteiger partial charge on any atom is -0.467 e. The molecule has 1 aromatic rings. The van der Waals surface area contributed by atoms with E-state index in [1.54, 1.807) is 20.2 Å². The molecule has 5 heteroatoms. The highest BCUT2D eigenvalue weighted by atomic mass is 19.1. The van der Waals surface area contributed by atoms with E-state index in [0.29, 0.717) is 25.5 Å². The number of aromatic nitrogens is 2. The molecule has 0 radical (unpaired) electrons. The Bertz CT molecular complexity index is 384. The van der Waals surface area contributed by atoms with Crippen molar-refractivity contribution in [2.45, 2.75) is 32.0 Å². The third-order valence-electron chi connectivity index (χ3n) is 2.98. The fourth-order valence-electron chi connectivity index (χ4n) is 2.22. The Morgan fingerprint density at radius 2 is 2.41 bits per heavy atom. The van der Waals surface area contributed by atoms with E-state index in [1.165, 1.54) is 0 Å². The van der Waals surface area contributed by atoms with Crippen LogP contribution in [0.2, 0.25) is 0 Å². The summed E-state index contributed by atoms with van der Waals surface area (Å²) in [6, 6.07) is 2.20. The van der Waals surface area contributed by atoms with Crippen LogP contribution >= 0.6 is 0 Å². The van der Waals surface area contributed by atoms with Crippen LogP contribution in [0.3, 0.4) is 0 Å². The summed E-state index contributed by atoms with van der Waals surface area (Å²) in [7, 11) is 1.54. The van der Waals surface area contributed by atoms with Gasteiger partial charge >= 0.3 is 6.01 Å². The number of piperidine rings is 1. The van der Waals surface area contributed by atoms with Gasteiger partial charge in [0.1, 0.15) is 5.67 Å². The van der Waals surface area contributed by atoms with Crippen LogP contribution in [0.5, 0.6) is 6.01 Å². The number of rotatable bonds is 3. The normalized spacial score (nSPS) is 25.8. The third-order valence-corrected chi connectivity index (χ3v) is 2.98. The van der Waals surface area contributed by atoms with Gasteiger partial charge in [0, 0.05) is 19.3 Å². The number of hydrogen-bond donors (Lipinski definition) is 0. The fraction of sp³-hybridized carbons (Fsp3) is 0.667. The van der Waals surface area contributed by atoms with Crippen LogP contribution < -0.4 is 4.74 Å². The Kier molecular flexibility index (Phi) is 3.57. The molecule has 1 aromatic heterocycles. The van der Waals surface area contributed by atoms with Crippen LogP contribution in [0.25, 0.3) is 0 Å². The lowest BCUT2D eigenvalue weighted by Gasteiger charge is -2.34. The summed E-state index contributed by atoms with van der Waals surface area (Å²) in [5.74, 6) is 0.